The lowest BCUT2D eigenvalue weighted by Crippen LogP contribution is -2.50. The molecule has 180 valence electrons. The number of halogens is 3. The fraction of sp³-hybridized carbons (Fsp3) is 0.148. The molecule has 2 fully saturated rings. The van der Waals surface area contributed by atoms with Crippen LogP contribution in [-0.2, 0) is 14.4 Å². The van der Waals surface area contributed by atoms with Gasteiger partial charge in [0.1, 0.15) is 6.04 Å². The molecule has 0 radical (unpaired) electrons. The largest absolute Gasteiger partial charge is 0.351 e. The van der Waals surface area contributed by atoms with Crippen molar-refractivity contribution in [2.75, 3.05) is 15.1 Å². The molecule has 3 heterocycles. The van der Waals surface area contributed by atoms with Gasteiger partial charge in [-0.2, -0.15) is 0 Å². The number of benzene rings is 3. The van der Waals surface area contributed by atoms with Crippen LogP contribution in [0.15, 0.2) is 72.8 Å². The van der Waals surface area contributed by atoms with Crippen molar-refractivity contribution in [2.24, 2.45) is 11.8 Å². The molecule has 3 aliphatic rings. The molecule has 6 rings (SSSR count). The predicted molar refractivity (Wildman–Crippen MR) is 142 cm³/mol. The van der Waals surface area contributed by atoms with Gasteiger partial charge >= 0.3 is 0 Å². The Hall–Kier alpha value is -3.32. The zero-order chi connectivity index (χ0) is 25.1. The number of imide groups is 1. The maximum atomic E-state index is 13.9. The maximum absolute atomic E-state index is 13.9. The molecule has 9 heteroatoms. The first-order chi connectivity index (χ1) is 17.3. The van der Waals surface area contributed by atoms with Crippen LogP contribution in [0.3, 0.4) is 0 Å². The first-order valence-corrected chi connectivity index (χ1v) is 12.4. The van der Waals surface area contributed by atoms with Crippen molar-refractivity contribution in [3.05, 3.63) is 93.4 Å². The van der Waals surface area contributed by atoms with Crippen molar-refractivity contribution < 1.29 is 14.4 Å². The van der Waals surface area contributed by atoms with Crippen LogP contribution in [-0.4, -0.2) is 29.8 Å². The van der Waals surface area contributed by atoms with Gasteiger partial charge in [0.25, 0.3) is 0 Å². The van der Waals surface area contributed by atoms with Crippen LogP contribution in [0.4, 0.5) is 17.1 Å². The summed E-state index contributed by atoms with van der Waals surface area (Å²) in [6.07, 6.45) is 3.83. The predicted octanol–water partition coefficient (Wildman–Crippen LogP) is 5.68. The lowest BCUT2D eigenvalue weighted by Gasteiger charge is -2.36. The Morgan fingerprint density at radius 2 is 1.47 bits per heavy atom. The third-order valence-electron chi connectivity index (χ3n) is 6.90. The minimum Gasteiger partial charge on any atom is -0.351 e. The van der Waals surface area contributed by atoms with E-state index >= 15 is 0 Å². The smallest absolute Gasteiger partial charge is 0.247 e. The fourth-order valence-corrected chi connectivity index (χ4v) is 6.13. The summed E-state index contributed by atoms with van der Waals surface area (Å²) in [5.41, 5.74) is 2.55. The standard InChI is InChI=1S/C27H18Cl3N3O3/c28-15-6-8-18(9-7-15)31-25(34)24-23-22(21-10-5-14-3-1-2-4-20(14)33(21)24)26(35)32(27(23)36)19-12-16(29)11-17(30)13-19/h1-13,21-24H,(H,31,34)/t21-,22+,23-,24+/m1/s1. The van der Waals surface area contributed by atoms with Crippen molar-refractivity contribution >= 4 is 75.7 Å². The molecule has 0 unspecified atom stereocenters. The molecule has 36 heavy (non-hydrogen) atoms. The van der Waals surface area contributed by atoms with Crippen molar-refractivity contribution in [3.8, 4) is 0 Å². The van der Waals surface area contributed by atoms with E-state index in [9.17, 15) is 14.4 Å². The summed E-state index contributed by atoms with van der Waals surface area (Å²) < 4.78 is 0. The van der Waals surface area contributed by atoms with E-state index in [0.29, 0.717) is 26.4 Å². The molecule has 0 aromatic heterocycles. The van der Waals surface area contributed by atoms with Gasteiger partial charge in [0.15, 0.2) is 0 Å². The minimum absolute atomic E-state index is 0.292. The number of nitrogens with one attached hydrogen (secondary N) is 1. The van der Waals surface area contributed by atoms with Crippen LogP contribution in [0.5, 0.6) is 0 Å². The highest BCUT2D eigenvalue weighted by molar-refractivity contribution is 6.36. The highest BCUT2D eigenvalue weighted by Crippen LogP contribution is 2.49. The molecule has 3 amide bonds. The van der Waals surface area contributed by atoms with E-state index in [-0.39, 0.29) is 11.8 Å². The molecule has 1 N–H and O–H groups in total. The Labute approximate surface area is 222 Å². The average molecular weight is 539 g/mol. The van der Waals surface area contributed by atoms with Gasteiger partial charge in [0, 0.05) is 26.4 Å². The number of hydrogen-bond acceptors (Lipinski definition) is 4. The summed E-state index contributed by atoms with van der Waals surface area (Å²) in [5.74, 6) is -2.87. The van der Waals surface area contributed by atoms with Gasteiger partial charge in [-0.25, -0.2) is 4.90 Å². The summed E-state index contributed by atoms with van der Waals surface area (Å²) in [6, 6.07) is 17.5. The van der Waals surface area contributed by atoms with Crippen LogP contribution in [0.2, 0.25) is 15.1 Å². The number of hydrogen-bond donors (Lipinski definition) is 1. The molecular formula is C27H18Cl3N3O3. The number of fused-ring (bicyclic) bond motifs is 5. The quantitative estimate of drug-likeness (QED) is 0.436. The summed E-state index contributed by atoms with van der Waals surface area (Å²) in [5, 5.41) is 4.06. The van der Waals surface area contributed by atoms with E-state index in [1.807, 2.05) is 41.3 Å². The van der Waals surface area contributed by atoms with E-state index < -0.39 is 29.8 Å². The molecule has 2 saturated heterocycles. The maximum Gasteiger partial charge on any atom is 0.247 e. The number of para-hydroxylation sites is 1. The first-order valence-electron chi connectivity index (χ1n) is 11.3. The highest BCUT2D eigenvalue weighted by Gasteiger charge is 2.64. The van der Waals surface area contributed by atoms with Gasteiger partial charge in [-0.1, -0.05) is 65.2 Å². The van der Waals surface area contributed by atoms with Crippen molar-refractivity contribution in [1.82, 2.24) is 0 Å². The molecule has 0 bridgehead atoms. The molecular weight excluding hydrogens is 521 g/mol. The van der Waals surface area contributed by atoms with Gasteiger partial charge in [0.2, 0.25) is 17.7 Å². The Bertz CT molecular complexity index is 1440. The minimum atomic E-state index is -0.919. The monoisotopic (exact) mass is 537 g/mol. The van der Waals surface area contributed by atoms with Crippen LogP contribution < -0.4 is 15.1 Å². The van der Waals surface area contributed by atoms with Crippen LogP contribution >= 0.6 is 34.8 Å². The second-order valence-corrected chi connectivity index (χ2v) is 10.3. The SMILES string of the molecule is O=C(Nc1ccc(Cl)cc1)[C@@H]1[C@@H]2C(=O)N(c3cc(Cl)cc(Cl)c3)C(=O)[C@H]2[C@H]2C=Cc3ccccc3N21. The number of rotatable bonds is 3. The van der Waals surface area contributed by atoms with E-state index in [0.717, 1.165) is 16.2 Å². The average Bonchev–Trinajstić information content (AvgIpc) is 3.33. The molecule has 0 spiro atoms. The van der Waals surface area contributed by atoms with Crippen LogP contribution in [0.1, 0.15) is 5.56 Å². The lowest BCUT2D eigenvalue weighted by atomic mass is 9.88. The number of amides is 3. The first kappa shape index (κ1) is 23.1. The van der Waals surface area contributed by atoms with Gasteiger partial charge in [-0.05, 0) is 54.1 Å². The molecule has 0 saturated carbocycles. The number of carbonyl (C=O) groups excluding carboxylic acids is 3. The van der Waals surface area contributed by atoms with Crippen molar-refractivity contribution in [2.45, 2.75) is 12.1 Å². The zero-order valence-electron chi connectivity index (χ0n) is 18.6. The van der Waals surface area contributed by atoms with E-state index in [1.165, 1.54) is 18.2 Å². The normalized spacial score (nSPS) is 24.0. The summed E-state index contributed by atoms with van der Waals surface area (Å²) in [7, 11) is 0. The lowest BCUT2D eigenvalue weighted by molar-refractivity contribution is -0.126. The molecule has 0 aliphatic carbocycles. The van der Waals surface area contributed by atoms with Crippen molar-refractivity contribution in [1.29, 1.82) is 0 Å². The topological polar surface area (TPSA) is 69.7 Å². The van der Waals surface area contributed by atoms with E-state index in [4.69, 9.17) is 34.8 Å². The van der Waals surface area contributed by atoms with Crippen LogP contribution in [0, 0.1) is 11.8 Å². The van der Waals surface area contributed by atoms with Crippen molar-refractivity contribution in [3.63, 3.8) is 0 Å². The fourth-order valence-electron chi connectivity index (χ4n) is 5.49. The molecule has 3 aliphatic heterocycles. The van der Waals surface area contributed by atoms with E-state index in [1.54, 1.807) is 24.3 Å². The van der Waals surface area contributed by atoms with Gasteiger partial charge in [-0.15, -0.1) is 0 Å². The second-order valence-electron chi connectivity index (χ2n) is 8.95. The molecule has 3 aromatic rings. The molecule has 4 atom stereocenters. The third kappa shape index (κ3) is 3.60. The summed E-state index contributed by atoms with van der Waals surface area (Å²) in [4.78, 5) is 44.4. The zero-order valence-corrected chi connectivity index (χ0v) is 20.8. The summed E-state index contributed by atoms with van der Waals surface area (Å²) in [6.45, 7) is 0. The highest BCUT2D eigenvalue weighted by atomic mass is 35.5. The Balaban J connectivity index is 1.44. The van der Waals surface area contributed by atoms with Crippen LogP contribution in [0.25, 0.3) is 6.08 Å². The summed E-state index contributed by atoms with van der Waals surface area (Å²) >= 11 is 18.3. The number of nitrogens with zero attached hydrogens (tertiary/aromatic N) is 2. The molecule has 6 nitrogen and oxygen atoms in total. The second kappa shape index (κ2) is 8.66. The van der Waals surface area contributed by atoms with Gasteiger partial charge < -0.3 is 10.2 Å². The van der Waals surface area contributed by atoms with E-state index in [2.05, 4.69) is 5.32 Å². The number of carbonyl (C=O) groups is 3. The Kier molecular flexibility index (Phi) is 5.56. The Morgan fingerprint density at radius 1 is 0.806 bits per heavy atom. The Morgan fingerprint density at radius 3 is 2.19 bits per heavy atom. The number of anilines is 3. The third-order valence-corrected chi connectivity index (χ3v) is 7.59. The molecule has 3 aromatic carbocycles. The van der Waals surface area contributed by atoms with Gasteiger partial charge in [-0.3, -0.25) is 14.4 Å². The van der Waals surface area contributed by atoms with Gasteiger partial charge in [0.05, 0.1) is 23.6 Å².